The van der Waals surface area contributed by atoms with Crippen LogP contribution in [-0.2, 0) is 9.59 Å². The summed E-state index contributed by atoms with van der Waals surface area (Å²) >= 11 is 0. The van der Waals surface area contributed by atoms with Gasteiger partial charge in [0.2, 0.25) is 0 Å². The smallest absolute Gasteiger partial charge is 0.300 e. The van der Waals surface area contributed by atoms with Crippen LogP contribution in [0.4, 0.5) is 10.1 Å². The van der Waals surface area contributed by atoms with E-state index in [1.807, 2.05) is 6.07 Å². The van der Waals surface area contributed by atoms with Crippen LogP contribution in [0.25, 0.3) is 5.76 Å². The van der Waals surface area contributed by atoms with Crippen molar-refractivity contribution in [1.82, 2.24) is 0 Å². The lowest BCUT2D eigenvalue weighted by atomic mass is 9.95. The number of anilines is 1. The topological polar surface area (TPSA) is 66.8 Å². The molecule has 1 aliphatic rings. The molecule has 1 atom stereocenters. The van der Waals surface area contributed by atoms with Crippen molar-refractivity contribution in [3.8, 4) is 5.75 Å². The summed E-state index contributed by atoms with van der Waals surface area (Å²) in [5.41, 5.74) is 1.37. The average molecular weight is 403 g/mol. The molecular formula is C24H18FNO4. The Morgan fingerprint density at radius 2 is 1.57 bits per heavy atom. The highest BCUT2D eigenvalue weighted by atomic mass is 19.1. The zero-order chi connectivity index (χ0) is 21.3. The van der Waals surface area contributed by atoms with Gasteiger partial charge in [-0.05, 0) is 54.1 Å². The van der Waals surface area contributed by atoms with Crippen molar-refractivity contribution in [2.24, 2.45) is 0 Å². The van der Waals surface area contributed by atoms with Gasteiger partial charge in [0.05, 0.1) is 18.7 Å². The predicted octanol–water partition coefficient (Wildman–Crippen LogP) is 4.46. The van der Waals surface area contributed by atoms with Crippen LogP contribution in [0.3, 0.4) is 0 Å². The fourth-order valence-corrected chi connectivity index (χ4v) is 3.56. The Balaban J connectivity index is 1.90. The molecule has 0 spiro atoms. The fourth-order valence-electron chi connectivity index (χ4n) is 3.56. The number of carbonyl (C=O) groups excluding carboxylic acids is 2. The largest absolute Gasteiger partial charge is 0.507 e. The molecule has 0 bridgehead atoms. The van der Waals surface area contributed by atoms with E-state index in [1.54, 1.807) is 48.5 Å². The summed E-state index contributed by atoms with van der Waals surface area (Å²) in [5, 5.41) is 11.0. The van der Waals surface area contributed by atoms with Crippen molar-refractivity contribution in [3.63, 3.8) is 0 Å². The van der Waals surface area contributed by atoms with Gasteiger partial charge in [-0.2, -0.15) is 0 Å². The Bertz CT molecular complexity index is 1120. The van der Waals surface area contributed by atoms with Crippen LogP contribution in [0.15, 0.2) is 84.4 Å². The minimum Gasteiger partial charge on any atom is -0.507 e. The van der Waals surface area contributed by atoms with Crippen molar-refractivity contribution >= 4 is 23.1 Å². The lowest BCUT2D eigenvalue weighted by Crippen LogP contribution is -2.29. The Hall–Kier alpha value is -3.93. The molecular weight excluding hydrogens is 385 g/mol. The van der Waals surface area contributed by atoms with Crippen LogP contribution < -0.4 is 9.64 Å². The molecule has 0 aromatic heterocycles. The molecule has 4 rings (SSSR count). The molecule has 1 aliphatic heterocycles. The molecule has 1 N–H and O–H groups in total. The number of halogens is 1. The van der Waals surface area contributed by atoms with Crippen LogP contribution in [-0.4, -0.2) is 23.9 Å². The number of benzene rings is 3. The molecule has 5 nitrogen and oxygen atoms in total. The van der Waals surface area contributed by atoms with Crippen LogP contribution in [0, 0.1) is 5.82 Å². The monoisotopic (exact) mass is 403 g/mol. The summed E-state index contributed by atoms with van der Waals surface area (Å²) in [6, 6.07) is 19.9. The van der Waals surface area contributed by atoms with Gasteiger partial charge in [-0.25, -0.2) is 4.39 Å². The number of methoxy groups -OCH3 is 1. The van der Waals surface area contributed by atoms with Gasteiger partial charge >= 0.3 is 0 Å². The van der Waals surface area contributed by atoms with Crippen LogP contribution in [0.1, 0.15) is 17.2 Å². The number of hydrogen-bond donors (Lipinski definition) is 1. The lowest BCUT2D eigenvalue weighted by molar-refractivity contribution is -0.132. The normalized spacial score (nSPS) is 17.9. The van der Waals surface area contributed by atoms with Gasteiger partial charge in [0.15, 0.2) is 0 Å². The van der Waals surface area contributed by atoms with Gasteiger partial charge in [0.1, 0.15) is 17.3 Å². The Morgan fingerprint density at radius 3 is 2.17 bits per heavy atom. The standard InChI is InChI=1S/C24H18FNO4/c1-30-19-13-7-16(8-14-19)22(27)20-21(15-5-3-2-4-6-15)26(24(29)23(20)28)18-11-9-17(25)10-12-18/h2-14,21,27H,1H3/b22-20+. The maximum absolute atomic E-state index is 13.4. The second kappa shape index (κ2) is 7.83. The molecule has 0 saturated carbocycles. The summed E-state index contributed by atoms with van der Waals surface area (Å²) in [7, 11) is 1.53. The minimum absolute atomic E-state index is 0.0271. The van der Waals surface area contributed by atoms with E-state index >= 15 is 0 Å². The molecule has 150 valence electrons. The molecule has 1 fully saturated rings. The van der Waals surface area contributed by atoms with Gasteiger partial charge in [-0.15, -0.1) is 0 Å². The average Bonchev–Trinajstić information content (AvgIpc) is 3.05. The quantitative estimate of drug-likeness (QED) is 0.397. The number of rotatable bonds is 4. The number of amides is 1. The number of nitrogens with zero attached hydrogens (tertiary/aromatic N) is 1. The second-order valence-electron chi connectivity index (χ2n) is 6.78. The van der Waals surface area contributed by atoms with E-state index in [0.29, 0.717) is 22.6 Å². The third kappa shape index (κ3) is 3.33. The van der Waals surface area contributed by atoms with E-state index in [4.69, 9.17) is 4.74 Å². The SMILES string of the molecule is COc1ccc(/C(O)=C2\C(=O)C(=O)N(c3ccc(F)cc3)C2c2ccccc2)cc1. The zero-order valence-electron chi connectivity index (χ0n) is 16.1. The lowest BCUT2D eigenvalue weighted by Gasteiger charge is -2.25. The van der Waals surface area contributed by atoms with Crippen LogP contribution in [0.5, 0.6) is 5.75 Å². The highest BCUT2D eigenvalue weighted by Gasteiger charge is 2.46. The van der Waals surface area contributed by atoms with Gasteiger partial charge in [-0.3, -0.25) is 14.5 Å². The van der Waals surface area contributed by atoms with Crippen LogP contribution >= 0.6 is 0 Å². The number of aliphatic hydroxyl groups excluding tert-OH is 1. The summed E-state index contributed by atoms with van der Waals surface area (Å²) in [6.45, 7) is 0. The number of hydrogen-bond acceptors (Lipinski definition) is 4. The molecule has 1 saturated heterocycles. The van der Waals surface area contributed by atoms with E-state index in [9.17, 15) is 19.1 Å². The number of Topliss-reactive ketones (excluding diaryl/α,β-unsaturated/α-hetero) is 1. The Kier molecular flexibility index (Phi) is 5.06. The molecule has 3 aromatic rings. The van der Waals surface area contributed by atoms with E-state index in [0.717, 1.165) is 0 Å². The Morgan fingerprint density at radius 1 is 0.933 bits per heavy atom. The van der Waals surface area contributed by atoms with Crippen molar-refractivity contribution in [3.05, 3.63) is 101 Å². The van der Waals surface area contributed by atoms with E-state index in [-0.39, 0.29) is 11.3 Å². The third-order valence-electron chi connectivity index (χ3n) is 5.03. The number of carbonyl (C=O) groups is 2. The van der Waals surface area contributed by atoms with Crippen molar-refractivity contribution in [2.75, 3.05) is 12.0 Å². The van der Waals surface area contributed by atoms with E-state index in [2.05, 4.69) is 0 Å². The third-order valence-corrected chi connectivity index (χ3v) is 5.03. The molecule has 1 unspecified atom stereocenters. The minimum atomic E-state index is -0.848. The van der Waals surface area contributed by atoms with E-state index < -0.39 is 23.5 Å². The zero-order valence-corrected chi connectivity index (χ0v) is 16.1. The van der Waals surface area contributed by atoms with Crippen LogP contribution in [0.2, 0.25) is 0 Å². The maximum Gasteiger partial charge on any atom is 0.300 e. The molecule has 3 aromatic carbocycles. The summed E-state index contributed by atoms with van der Waals surface area (Å²) in [5.74, 6) is -1.73. The molecule has 1 heterocycles. The molecule has 0 aliphatic carbocycles. The number of ketones is 1. The molecule has 30 heavy (non-hydrogen) atoms. The number of ether oxygens (including phenoxy) is 1. The van der Waals surface area contributed by atoms with Gasteiger partial charge in [0, 0.05) is 11.3 Å². The molecule has 1 amide bonds. The van der Waals surface area contributed by atoms with Crippen molar-refractivity contribution in [1.29, 1.82) is 0 Å². The highest BCUT2D eigenvalue weighted by Crippen LogP contribution is 2.42. The number of aliphatic hydroxyl groups is 1. The maximum atomic E-state index is 13.4. The Labute approximate surface area is 172 Å². The first-order chi connectivity index (χ1) is 14.5. The van der Waals surface area contributed by atoms with Gasteiger partial charge in [0.25, 0.3) is 11.7 Å². The van der Waals surface area contributed by atoms with Crippen molar-refractivity contribution < 1.29 is 23.8 Å². The first-order valence-electron chi connectivity index (χ1n) is 9.27. The summed E-state index contributed by atoms with van der Waals surface area (Å²) in [4.78, 5) is 27.2. The molecule has 0 radical (unpaired) electrons. The summed E-state index contributed by atoms with van der Waals surface area (Å²) in [6.07, 6.45) is 0. The van der Waals surface area contributed by atoms with Gasteiger partial charge in [-0.1, -0.05) is 30.3 Å². The highest BCUT2D eigenvalue weighted by molar-refractivity contribution is 6.51. The molecule has 6 heteroatoms. The first-order valence-corrected chi connectivity index (χ1v) is 9.27. The fraction of sp³-hybridized carbons (Fsp3) is 0.0833. The first kappa shape index (κ1) is 19.4. The second-order valence-corrected chi connectivity index (χ2v) is 6.78. The summed E-state index contributed by atoms with van der Waals surface area (Å²) < 4.78 is 18.6. The predicted molar refractivity (Wildman–Crippen MR) is 111 cm³/mol. The van der Waals surface area contributed by atoms with Gasteiger partial charge < -0.3 is 9.84 Å². The van der Waals surface area contributed by atoms with Crippen molar-refractivity contribution in [2.45, 2.75) is 6.04 Å². The van der Waals surface area contributed by atoms with E-state index in [1.165, 1.54) is 36.3 Å².